The standard InChI is InChI=1S/C22H40O4/c1-4-7-9-10-16-25-21(23)19-12-14-20(15-13-19)22(24)26-17-18(6-3)11-8-5-2/h18-20H,4-17H2,1-3H3. The Bertz CT molecular complexity index is 386. The van der Waals surface area contributed by atoms with Crippen molar-refractivity contribution in [3.05, 3.63) is 0 Å². The summed E-state index contributed by atoms with van der Waals surface area (Å²) in [6, 6.07) is 0. The van der Waals surface area contributed by atoms with Crippen LogP contribution in [0, 0.1) is 17.8 Å². The molecule has 1 aliphatic rings. The van der Waals surface area contributed by atoms with Gasteiger partial charge in [0, 0.05) is 0 Å². The molecule has 0 saturated heterocycles. The van der Waals surface area contributed by atoms with Crippen molar-refractivity contribution in [1.29, 1.82) is 0 Å². The number of unbranched alkanes of at least 4 members (excludes halogenated alkanes) is 4. The fourth-order valence-corrected chi connectivity index (χ4v) is 3.60. The topological polar surface area (TPSA) is 52.6 Å². The van der Waals surface area contributed by atoms with Gasteiger partial charge in [-0.15, -0.1) is 0 Å². The first-order valence-corrected chi connectivity index (χ1v) is 11.0. The molecule has 4 nitrogen and oxygen atoms in total. The highest BCUT2D eigenvalue weighted by Crippen LogP contribution is 2.30. The molecule has 26 heavy (non-hydrogen) atoms. The molecule has 0 aromatic rings. The van der Waals surface area contributed by atoms with E-state index in [-0.39, 0.29) is 23.8 Å². The van der Waals surface area contributed by atoms with E-state index >= 15 is 0 Å². The van der Waals surface area contributed by atoms with Crippen molar-refractivity contribution in [1.82, 2.24) is 0 Å². The number of carbonyl (C=O) groups is 2. The van der Waals surface area contributed by atoms with Gasteiger partial charge < -0.3 is 9.47 Å². The van der Waals surface area contributed by atoms with Gasteiger partial charge in [0.1, 0.15) is 0 Å². The molecule has 0 aromatic carbocycles. The largest absolute Gasteiger partial charge is 0.465 e. The predicted octanol–water partition coefficient (Wildman–Crippen LogP) is 5.68. The van der Waals surface area contributed by atoms with Gasteiger partial charge in [0.25, 0.3) is 0 Å². The molecule has 0 heterocycles. The van der Waals surface area contributed by atoms with E-state index in [0.29, 0.717) is 19.1 Å². The third kappa shape index (κ3) is 9.05. The van der Waals surface area contributed by atoms with Crippen molar-refractivity contribution >= 4 is 11.9 Å². The van der Waals surface area contributed by atoms with Crippen LogP contribution >= 0.6 is 0 Å². The van der Waals surface area contributed by atoms with E-state index in [4.69, 9.17) is 9.47 Å². The van der Waals surface area contributed by atoms with Crippen LogP contribution in [0.15, 0.2) is 0 Å². The fraction of sp³-hybridized carbons (Fsp3) is 0.909. The van der Waals surface area contributed by atoms with Crippen LogP contribution in [0.4, 0.5) is 0 Å². The summed E-state index contributed by atoms with van der Waals surface area (Å²) in [4.78, 5) is 24.4. The molecule has 4 heteroatoms. The van der Waals surface area contributed by atoms with Crippen molar-refractivity contribution in [2.24, 2.45) is 17.8 Å². The van der Waals surface area contributed by atoms with Crippen molar-refractivity contribution in [2.45, 2.75) is 97.8 Å². The average Bonchev–Trinajstić information content (AvgIpc) is 2.67. The summed E-state index contributed by atoms with van der Waals surface area (Å²) in [5.41, 5.74) is 0. The molecular formula is C22H40O4. The minimum absolute atomic E-state index is 0.0295. The summed E-state index contributed by atoms with van der Waals surface area (Å²) >= 11 is 0. The zero-order valence-electron chi connectivity index (χ0n) is 17.3. The van der Waals surface area contributed by atoms with Gasteiger partial charge in [0.2, 0.25) is 0 Å². The van der Waals surface area contributed by atoms with Gasteiger partial charge in [-0.05, 0) is 44.4 Å². The van der Waals surface area contributed by atoms with Gasteiger partial charge >= 0.3 is 11.9 Å². The molecular weight excluding hydrogens is 328 g/mol. The first-order chi connectivity index (χ1) is 12.6. The van der Waals surface area contributed by atoms with Crippen LogP contribution in [0.3, 0.4) is 0 Å². The molecule has 1 saturated carbocycles. The van der Waals surface area contributed by atoms with Crippen LogP contribution < -0.4 is 0 Å². The Morgan fingerprint density at radius 2 is 1.38 bits per heavy atom. The maximum atomic E-state index is 12.3. The molecule has 1 atom stereocenters. The van der Waals surface area contributed by atoms with Crippen LogP contribution in [0.1, 0.15) is 97.8 Å². The molecule has 0 spiro atoms. The van der Waals surface area contributed by atoms with Gasteiger partial charge in [0.05, 0.1) is 25.0 Å². The molecule has 1 aliphatic carbocycles. The van der Waals surface area contributed by atoms with Gasteiger partial charge in [-0.2, -0.15) is 0 Å². The van der Waals surface area contributed by atoms with E-state index in [2.05, 4.69) is 20.8 Å². The molecule has 0 amide bonds. The lowest BCUT2D eigenvalue weighted by Crippen LogP contribution is -2.29. The SMILES string of the molecule is CCCCCCOC(=O)C1CCC(C(=O)OCC(CC)CCCC)CC1. The Kier molecular flexibility index (Phi) is 12.4. The molecule has 0 aromatic heterocycles. The average molecular weight is 369 g/mol. The van der Waals surface area contributed by atoms with Gasteiger partial charge in [-0.1, -0.05) is 59.3 Å². The van der Waals surface area contributed by atoms with Crippen LogP contribution in [0.25, 0.3) is 0 Å². The number of carbonyl (C=O) groups excluding carboxylic acids is 2. The second kappa shape index (κ2) is 14.1. The molecule has 0 aliphatic heterocycles. The number of ether oxygens (including phenoxy) is 2. The van der Waals surface area contributed by atoms with E-state index in [1.54, 1.807) is 0 Å². The van der Waals surface area contributed by atoms with Gasteiger partial charge in [-0.3, -0.25) is 9.59 Å². The first-order valence-electron chi connectivity index (χ1n) is 11.0. The first kappa shape index (κ1) is 23.0. The lowest BCUT2D eigenvalue weighted by Gasteiger charge is -2.26. The Morgan fingerprint density at radius 1 is 0.808 bits per heavy atom. The minimum Gasteiger partial charge on any atom is -0.465 e. The second-order valence-corrected chi connectivity index (χ2v) is 7.82. The number of hydrogen-bond donors (Lipinski definition) is 0. The van der Waals surface area contributed by atoms with Gasteiger partial charge in [-0.25, -0.2) is 0 Å². The maximum absolute atomic E-state index is 12.3. The van der Waals surface area contributed by atoms with Crippen LogP contribution in [-0.2, 0) is 19.1 Å². The van der Waals surface area contributed by atoms with Gasteiger partial charge in [0.15, 0.2) is 0 Å². The van der Waals surface area contributed by atoms with E-state index in [9.17, 15) is 9.59 Å². The maximum Gasteiger partial charge on any atom is 0.308 e. The summed E-state index contributed by atoms with van der Waals surface area (Å²) < 4.78 is 11.0. The third-order valence-corrected chi connectivity index (χ3v) is 5.64. The molecule has 1 fully saturated rings. The second-order valence-electron chi connectivity index (χ2n) is 7.82. The normalized spacial score (nSPS) is 21.2. The van der Waals surface area contributed by atoms with Crippen LogP contribution in [-0.4, -0.2) is 25.2 Å². The Hall–Kier alpha value is -1.06. The quantitative estimate of drug-likeness (QED) is 0.310. The van der Waals surface area contributed by atoms with E-state index in [0.717, 1.165) is 51.4 Å². The predicted molar refractivity (Wildman–Crippen MR) is 105 cm³/mol. The molecule has 1 rings (SSSR count). The fourth-order valence-electron chi connectivity index (χ4n) is 3.60. The van der Waals surface area contributed by atoms with Crippen molar-refractivity contribution in [3.8, 4) is 0 Å². The lowest BCUT2D eigenvalue weighted by molar-refractivity contribution is -0.156. The molecule has 0 N–H and O–H groups in total. The molecule has 1 unspecified atom stereocenters. The lowest BCUT2D eigenvalue weighted by atomic mass is 9.82. The summed E-state index contributed by atoms with van der Waals surface area (Å²) in [6.07, 6.45) is 12.0. The van der Waals surface area contributed by atoms with E-state index in [1.807, 2.05) is 0 Å². The van der Waals surface area contributed by atoms with Crippen molar-refractivity contribution in [2.75, 3.05) is 13.2 Å². The highest BCUT2D eigenvalue weighted by atomic mass is 16.5. The Labute approximate surface area is 160 Å². The smallest absolute Gasteiger partial charge is 0.308 e. The summed E-state index contributed by atoms with van der Waals surface area (Å²) in [5, 5.41) is 0. The van der Waals surface area contributed by atoms with Crippen molar-refractivity contribution in [3.63, 3.8) is 0 Å². The summed E-state index contributed by atoms with van der Waals surface area (Å²) in [5.74, 6) is 0.286. The third-order valence-electron chi connectivity index (χ3n) is 5.64. The summed E-state index contributed by atoms with van der Waals surface area (Å²) in [6.45, 7) is 7.61. The number of esters is 2. The Balaban J connectivity index is 2.21. The zero-order valence-corrected chi connectivity index (χ0v) is 17.3. The minimum atomic E-state index is -0.0704. The zero-order chi connectivity index (χ0) is 19.2. The highest BCUT2D eigenvalue weighted by Gasteiger charge is 2.31. The Morgan fingerprint density at radius 3 is 1.92 bits per heavy atom. The summed E-state index contributed by atoms with van der Waals surface area (Å²) in [7, 11) is 0. The monoisotopic (exact) mass is 368 g/mol. The van der Waals surface area contributed by atoms with Crippen LogP contribution in [0.5, 0.6) is 0 Å². The van der Waals surface area contributed by atoms with Crippen molar-refractivity contribution < 1.29 is 19.1 Å². The van der Waals surface area contributed by atoms with Crippen LogP contribution in [0.2, 0.25) is 0 Å². The molecule has 0 bridgehead atoms. The van der Waals surface area contributed by atoms with E-state index < -0.39 is 0 Å². The highest BCUT2D eigenvalue weighted by molar-refractivity contribution is 5.75. The number of hydrogen-bond acceptors (Lipinski definition) is 4. The van der Waals surface area contributed by atoms with E-state index in [1.165, 1.54) is 25.7 Å². The molecule has 152 valence electrons. The number of rotatable bonds is 13. The molecule has 0 radical (unpaired) electrons.